The van der Waals surface area contributed by atoms with Gasteiger partial charge in [-0.25, -0.2) is 4.99 Å². The molecule has 0 saturated heterocycles. The van der Waals surface area contributed by atoms with Gasteiger partial charge in [0.2, 0.25) is 0 Å². The molecule has 0 heterocycles. The average molecular weight is 1040 g/mol. The number of halogens is 26. The van der Waals surface area contributed by atoms with Gasteiger partial charge in [-0.2, -0.15) is 114 Å². The van der Waals surface area contributed by atoms with Crippen LogP contribution in [0.25, 0.3) is 0 Å². The maximum absolute atomic E-state index is 14.9. The molecule has 0 amide bonds. The Labute approximate surface area is 367 Å². The molecule has 0 spiro atoms. The lowest BCUT2D eigenvalue weighted by atomic mass is 9.89. The second kappa shape index (κ2) is 18.8. The molecule has 1 atom stereocenters. The summed E-state index contributed by atoms with van der Waals surface area (Å²) in [5.41, 5.74) is 1.62. The van der Waals surface area contributed by atoms with Crippen molar-refractivity contribution in [1.82, 2.24) is 0 Å². The van der Waals surface area contributed by atoms with Crippen LogP contribution in [0.5, 0.6) is 0 Å². The Morgan fingerprint density at radius 1 is 0.471 bits per heavy atom. The van der Waals surface area contributed by atoms with Gasteiger partial charge in [-0.15, -0.1) is 0 Å². The number of carbonyl (C=O) groups excluding carboxylic acids is 1. The van der Waals surface area contributed by atoms with E-state index in [1.165, 1.54) is 58.9 Å². The molecule has 3 nitrogen and oxygen atoms in total. The molecule has 68 heavy (non-hydrogen) atoms. The Morgan fingerprint density at radius 2 is 0.779 bits per heavy atom. The Kier molecular flexibility index (Phi) is 16.6. The zero-order valence-electron chi connectivity index (χ0n) is 35.3. The highest BCUT2D eigenvalue weighted by Crippen LogP contribution is 2.62. The van der Waals surface area contributed by atoms with Crippen LogP contribution in [-0.2, 0) is 4.79 Å². The van der Waals surface area contributed by atoms with Crippen molar-refractivity contribution in [3.05, 3.63) is 57.6 Å². The number of nitrogens with zero attached hydrogens (tertiary/aromatic N) is 2. The number of alkyl halides is 26. The lowest BCUT2D eigenvalue weighted by Gasteiger charge is -2.40. The molecule has 0 fully saturated rings. The van der Waals surface area contributed by atoms with Crippen molar-refractivity contribution in [2.24, 2.45) is 4.99 Å². The molecule has 2 aromatic rings. The number of anilines is 1. The van der Waals surface area contributed by atoms with Crippen LogP contribution in [0.3, 0.4) is 0 Å². The quantitative estimate of drug-likeness (QED) is 0.0709. The first-order chi connectivity index (χ1) is 30.0. The van der Waals surface area contributed by atoms with Gasteiger partial charge in [0.05, 0.1) is 18.1 Å². The third kappa shape index (κ3) is 10.3. The predicted molar refractivity (Wildman–Crippen MR) is 190 cm³/mol. The predicted octanol–water partition coefficient (Wildman–Crippen LogP) is 15.5. The number of Topliss-reactive ketones (excluding diaryl/α,β-unsaturated/α-hetero) is 1. The summed E-state index contributed by atoms with van der Waals surface area (Å²) in [6.07, 6.45) is -27.9. The molecule has 1 unspecified atom stereocenters. The van der Waals surface area contributed by atoms with E-state index in [0.29, 0.717) is 33.5 Å². The number of aryl methyl sites for hydroxylation is 6. The van der Waals surface area contributed by atoms with Crippen molar-refractivity contribution in [1.29, 1.82) is 0 Å². The first kappa shape index (κ1) is 59.9. The Balaban J connectivity index is 2.79. The second-order valence-corrected chi connectivity index (χ2v) is 15.9. The summed E-state index contributed by atoms with van der Waals surface area (Å²) < 4.78 is 358. The van der Waals surface area contributed by atoms with Gasteiger partial charge in [0, 0.05) is 24.9 Å². The Morgan fingerprint density at radius 3 is 1.12 bits per heavy atom. The van der Waals surface area contributed by atoms with Crippen molar-refractivity contribution in [2.45, 2.75) is 158 Å². The molecule has 0 aliphatic heterocycles. The number of hydrogen-bond donors (Lipinski definition) is 0. The van der Waals surface area contributed by atoms with E-state index in [0.717, 1.165) is 0 Å². The van der Waals surface area contributed by atoms with Gasteiger partial charge in [0.15, 0.2) is 5.78 Å². The molecule has 2 rings (SSSR count). The average Bonchev–Trinajstić information content (AvgIpc) is 3.13. The van der Waals surface area contributed by atoms with Crippen molar-refractivity contribution in [3.63, 3.8) is 0 Å². The molecule has 0 bridgehead atoms. The molecule has 0 saturated carbocycles. The van der Waals surface area contributed by atoms with Crippen LogP contribution < -0.4 is 4.90 Å². The zero-order chi connectivity index (χ0) is 53.8. The lowest BCUT2D eigenvalue weighted by Crippen LogP contribution is -2.70. The minimum absolute atomic E-state index is 0.0370. The summed E-state index contributed by atoms with van der Waals surface area (Å²) in [7, 11) is 0. The highest BCUT2D eigenvalue weighted by Gasteiger charge is 2.92. The van der Waals surface area contributed by atoms with E-state index in [4.69, 9.17) is 0 Å². The summed E-state index contributed by atoms with van der Waals surface area (Å²) in [6, 6.07) is 3.21. The first-order valence-electron chi connectivity index (χ1n) is 18.9. The third-order valence-electron chi connectivity index (χ3n) is 10.4. The van der Waals surface area contributed by atoms with E-state index in [2.05, 4.69) is 4.99 Å². The van der Waals surface area contributed by atoms with Crippen LogP contribution >= 0.6 is 0 Å². The minimum Gasteiger partial charge on any atom is -0.321 e. The fourth-order valence-corrected chi connectivity index (χ4v) is 6.91. The van der Waals surface area contributed by atoms with Crippen LogP contribution in [-0.4, -0.2) is 89.7 Å². The van der Waals surface area contributed by atoms with Crippen molar-refractivity contribution in [3.8, 4) is 0 Å². The van der Waals surface area contributed by atoms with Crippen LogP contribution in [0, 0.1) is 41.5 Å². The van der Waals surface area contributed by atoms with Gasteiger partial charge in [-0.1, -0.05) is 35.4 Å². The van der Waals surface area contributed by atoms with Gasteiger partial charge in [-0.05, 0) is 83.1 Å². The number of benzene rings is 2. The van der Waals surface area contributed by atoms with Crippen LogP contribution in [0.4, 0.5) is 126 Å². The number of hydrogen-bond acceptors (Lipinski definition) is 2. The highest BCUT2D eigenvalue weighted by atomic mass is 19.4. The Bertz CT molecular complexity index is 2110. The molecule has 29 heteroatoms. The maximum atomic E-state index is 14.9. The summed E-state index contributed by atoms with van der Waals surface area (Å²) in [5, 5.41) is 0. The molecule has 0 aliphatic rings. The van der Waals surface area contributed by atoms with Gasteiger partial charge < -0.3 is 4.90 Å². The molecule has 0 radical (unpaired) electrons. The monoisotopic (exact) mass is 1040 g/mol. The summed E-state index contributed by atoms with van der Waals surface area (Å²) in [5.74, 6) is -80.0. The lowest BCUT2D eigenvalue weighted by molar-refractivity contribution is -0.440. The molecule has 390 valence electrons. The van der Waals surface area contributed by atoms with Gasteiger partial charge in [0.25, 0.3) is 0 Å². The normalized spacial score (nSPS) is 15.4. The van der Waals surface area contributed by atoms with Gasteiger partial charge in [0.1, 0.15) is 0 Å². The van der Waals surface area contributed by atoms with E-state index < -0.39 is 122 Å². The molecule has 0 aliphatic carbocycles. The summed E-state index contributed by atoms with van der Waals surface area (Å²) in [4.78, 5) is 18.7. The fourth-order valence-electron chi connectivity index (χ4n) is 6.91. The first-order valence-corrected chi connectivity index (χ1v) is 18.9. The standard InChI is InChI=1S/C39H36F26N2O/c1-18-13-20(3)26(21(4)14-18)66-17-67(27-22(5)15-19(2)16-23(27)6)24(9-7-11-28(40,41)30(44,45)32(48,49)34(52,53)36(56,57)38(60,61)62)25(68)10-8-12-29(42,43)31(46,47)33(50,51)35(54,55)37(58,59)39(63,64)65/h13-17,24H,7-12H2,1-6H3/b66-17+. The fraction of sp³-hybridized carbons (Fsp3) is 0.641. The smallest absolute Gasteiger partial charge is 0.321 e. The third-order valence-corrected chi connectivity index (χ3v) is 10.4. The number of rotatable bonds is 21. The number of carbonyl (C=O) groups is 1. The molecule has 0 aromatic heterocycles. The van der Waals surface area contributed by atoms with E-state index >= 15 is 0 Å². The van der Waals surface area contributed by atoms with Crippen molar-refractivity contribution < 1.29 is 119 Å². The van der Waals surface area contributed by atoms with Gasteiger partial charge in [-0.3, -0.25) is 4.79 Å². The summed E-state index contributed by atoms with van der Waals surface area (Å²) >= 11 is 0. The van der Waals surface area contributed by atoms with E-state index in [9.17, 15) is 119 Å². The molecule has 0 N–H and O–H groups in total. The largest absolute Gasteiger partial charge is 0.460 e. The highest BCUT2D eigenvalue weighted by molar-refractivity contribution is 5.96. The minimum atomic E-state index is -8.29. The Hall–Kier alpha value is -4.24. The summed E-state index contributed by atoms with van der Waals surface area (Å²) in [6.45, 7) is 8.50. The zero-order valence-corrected chi connectivity index (χ0v) is 35.3. The second-order valence-electron chi connectivity index (χ2n) is 15.9. The SMILES string of the molecule is Cc1cc(C)c(/N=C/N(c2c(C)cc(C)cc2C)C(CCCC(F)(F)C(F)(F)C(F)(F)C(F)(F)C(F)(F)C(F)(F)F)C(=O)CCCC(F)(F)C(F)(F)C(F)(F)C(F)(F)C(F)(F)C(F)(F)F)c(C)c1. The maximum Gasteiger partial charge on any atom is 0.460 e. The van der Waals surface area contributed by atoms with Crippen molar-refractivity contribution >= 4 is 23.5 Å². The van der Waals surface area contributed by atoms with E-state index in [-0.39, 0.29) is 22.5 Å². The van der Waals surface area contributed by atoms with Gasteiger partial charge >= 0.3 is 71.6 Å². The number of ketones is 1. The number of aliphatic imine (C=N–C) groups is 1. The van der Waals surface area contributed by atoms with Crippen LogP contribution in [0.2, 0.25) is 0 Å². The van der Waals surface area contributed by atoms with Crippen LogP contribution in [0.1, 0.15) is 71.9 Å². The topological polar surface area (TPSA) is 32.7 Å². The molecule has 2 aromatic carbocycles. The van der Waals surface area contributed by atoms with E-state index in [1.54, 1.807) is 6.92 Å². The van der Waals surface area contributed by atoms with E-state index in [1.807, 2.05) is 0 Å². The van der Waals surface area contributed by atoms with Crippen LogP contribution in [0.15, 0.2) is 29.3 Å². The van der Waals surface area contributed by atoms with Crippen molar-refractivity contribution in [2.75, 3.05) is 4.90 Å². The molecular weight excluding hydrogens is 1010 g/mol. The molecular formula is C39H36F26N2O.